The highest BCUT2D eigenvalue weighted by atomic mass is 32.2. The first-order chi connectivity index (χ1) is 15.5. The number of allylic oxidation sites excluding steroid dienone is 3. The van der Waals surface area contributed by atoms with Gasteiger partial charge in [-0.3, -0.25) is 9.79 Å². The molecule has 7 heteroatoms. The molecule has 1 N–H and O–H groups in total. The lowest BCUT2D eigenvalue weighted by molar-refractivity contribution is -0.136. The molecule has 1 aliphatic heterocycles. The molecule has 6 nitrogen and oxygen atoms in total. The number of aliphatic carboxylic acids is 1. The summed E-state index contributed by atoms with van der Waals surface area (Å²) in [6.45, 7) is 12.9. The fourth-order valence-corrected chi connectivity index (χ4v) is 5.45. The summed E-state index contributed by atoms with van der Waals surface area (Å²) in [5.74, 6) is -0.271. The van der Waals surface area contributed by atoms with Crippen molar-refractivity contribution in [2.75, 3.05) is 19.3 Å². The number of benzene rings is 1. The molecule has 0 aromatic heterocycles. The molecule has 0 saturated carbocycles. The first-order valence-electron chi connectivity index (χ1n) is 11.3. The second-order valence-corrected chi connectivity index (χ2v) is 10.6. The number of aliphatic imine (C=N–C) groups is 1. The van der Waals surface area contributed by atoms with Crippen LogP contribution < -0.4 is 0 Å². The number of carboxylic acids is 1. The Labute approximate surface area is 198 Å². The van der Waals surface area contributed by atoms with E-state index in [0.29, 0.717) is 19.0 Å². The fourth-order valence-electron chi connectivity index (χ4n) is 4.57. The minimum absolute atomic E-state index is 0.134. The van der Waals surface area contributed by atoms with E-state index in [1.807, 2.05) is 0 Å². The number of hydrogen-bond acceptors (Lipinski definition) is 4. The molecule has 1 aromatic rings. The average molecular weight is 473 g/mol. The molecule has 2 aliphatic rings. The Bertz CT molecular complexity index is 1080. The average Bonchev–Trinajstić information content (AvgIpc) is 2.86. The molecule has 0 spiro atoms. The number of rotatable bonds is 4. The van der Waals surface area contributed by atoms with Gasteiger partial charge in [0.15, 0.2) is 0 Å². The van der Waals surface area contributed by atoms with Gasteiger partial charge >= 0.3 is 5.97 Å². The summed E-state index contributed by atoms with van der Waals surface area (Å²) in [5.41, 5.74) is 7.16. The molecule has 180 valence electrons. The van der Waals surface area contributed by atoms with Crippen molar-refractivity contribution in [3.05, 3.63) is 64.9 Å². The zero-order valence-electron chi connectivity index (χ0n) is 20.3. The minimum Gasteiger partial charge on any atom is -0.481 e. The molecule has 1 atom stereocenters. The Hall–Kier alpha value is -2.51. The Morgan fingerprint density at radius 2 is 1.88 bits per heavy atom. The Kier molecular flexibility index (Phi) is 9.37. The topological polar surface area (TPSA) is 87.0 Å². The molecule has 33 heavy (non-hydrogen) atoms. The predicted octanol–water partition coefficient (Wildman–Crippen LogP) is 5.18. The van der Waals surface area contributed by atoms with Crippen LogP contribution in [0.5, 0.6) is 0 Å². The van der Waals surface area contributed by atoms with Crippen LogP contribution >= 0.6 is 0 Å². The van der Waals surface area contributed by atoms with Crippen LogP contribution in [0.25, 0.3) is 6.08 Å². The van der Waals surface area contributed by atoms with Crippen LogP contribution in [0, 0.1) is 12.8 Å². The fraction of sp³-hybridized carbons (Fsp3) is 0.462. The van der Waals surface area contributed by atoms with Crippen molar-refractivity contribution in [3.8, 4) is 0 Å². The molecule has 1 unspecified atom stereocenters. The van der Waals surface area contributed by atoms with Crippen molar-refractivity contribution in [2.45, 2.75) is 52.9 Å². The zero-order chi connectivity index (χ0) is 24.8. The van der Waals surface area contributed by atoms with E-state index in [2.05, 4.69) is 57.7 Å². The lowest BCUT2D eigenvalue weighted by atomic mass is 9.75. The number of aryl methyl sites for hydroxylation is 1. The minimum atomic E-state index is -3.14. The van der Waals surface area contributed by atoms with Crippen molar-refractivity contribution in [1.29, 1.82) is 0 Å². The maximum Gasteiger partial charge on any atom is 0.303 e. The van der Waals surface area contributed by atoms with Crippen molar-refractivity contribution in [1.82, 2.24) is 4.31 Å². The van der Waals surface area contributed by atoms with Crippen LogP contribution in [0.2, 0.25) is 0 Å². The van der Waals surface area contributed by atoms with Gasteiger partial charge in [0.05, 0.1) is 12.0 Å². The molecule has 1 heterocycles. The van der Waals surface area contributed by atoms with Gasteiger partial charge < -0.3 is 5.11 Å². The third-order valence-electron chi connectivity index (χ3n) is 6.21. The van der Waals surface area contributed by atoms with Crippen molar-refractivity contribution in [3.63, 3.8) is 0 Å². The van der Waals surface area contributed by atoms with Crippen LogP contribution in [0.4, 0.5) is 0 Å². The normalized spacial score (nSPS) is 22.1. The largest absolute Gasteiger partial charge is 0.481 e. The molecule has 1 aliphatic carbocycles. The molecule has 1 saturated heterocycles. The van der Waals surface area contributed by atoms with Gasteiger partial charge in [0, 0.05) is 31.6 Å². The molecular formula is C26H36N2O4S. The Morgan fingerprint density at radius 1 is 1.27 bits per heavy atom. The highest BCUT2D eigenvalue weighted by Crippen LogP contribution is 2.42. The first kappa shape index (κ1) is 26.7. The van der Waals surface area contributed by atoms with E-state index < -0.39 is 16.0 Å². The summed E-state index contributed by atoms with van der Waals surface area (Å²) in [4.78, 5) is 14.1. The lowest BCUT2D eigenvalue weighted by Crippen LogP contribution is -2.40. The van der Waals surface area contributed by atoms with Gasteiger partial charge in [0.2, 0.25) is 10.0 Å². The molecule has 3 rings (SSSR count). The summed E-state index contributed by atoms with van der Waals surface area (Å²) in [7, 11) is -3.14. The maximum absolute atomic E-state index is 11.9. The highest BCUT2D eigenvalue weighted by Gasteiger charge is 2.36. The Morgan fingerprint density at radius 3 is 2.36 bits per heavy atom. The van der Waals surface area contributed by atoms with Crippen LogP contribution in [-0.2, 0) is 14.8 Å². The van der Waals surface area contributed by atoms with Gasteiger partial charge in [0.25, 0.3) is 0 Å². The first-order valence-corrected chi connectivity index (χ1v) is 13.2. The van der Waals surface area contributed by atoms with Crippen LogP contribution in [0.1, 0.15) is 62.6 Å². The molecule has 0 amide bonds. The zero-order valence-corrected chi connectivity index (χ0v) is 21.2. The summed E-state index contributed by atoms with van der Waals surface area (Å²) >= 11 is 0. The second kappa shape index (κ2) is 11.6. The van der Waals surface area contributed by atoms with Crippen molar-refractivity contribution < 1.29 is 18.3 Å². The number of nitrogens with zero attached hydrogens (tertiary/aromatic N) is 2. The molecule has 0 radical (unpaired) electrons. The van der Waals surface area contributed by atoms with Gasteiger partial charge in [-0.1, -0.05) is 49.4 Å². The van der Waals surface area contributed by atoms with E-state index in [1.54, 1.807) is 17.4 Å². The SMILES string of the molecule is C=CN=C1/C(=C\C)C(C)=Cc2cc(C)ccc2C1C1CCN(S(C)(=O)=O)CC1.CCC(=O)O. The maximum atomic E-state index is 11.9. The predicted molar refractivity (Wildman–Crippen MR) is 136 cm³/mol. The second-order valence-electron chi connectivity index (χ2n) is 8.58. The smallest absolute Gasteiger partial charge is 0.303 e. The molecule has 1 aromatic carbocycles. The number of piperidine rings is 1. The summed E-state index contributed by atoms with van der Waals surface area (Å²) in [6.07, 6.45) is 9.19. The molecular weight excluding hydrogens is 436 g/mol. The standard InChI is InChI=1S/C23H30N2O2S.C3H6O2/c1-6-20-17(4)15-19-14-16(3)8-9-21(19)22(23(20)24-7-2)18-10-12-25(13-11-18)28(5,26)27;1-2-3(4)5/h6-9,14-15,18,22H,2,10-13H2,1,3-5H3;2H2,1H3,(H,4,5)/b20-6-,24-23?;. The van der Waals surface area contributed by atoms with E-state index in [1.165, 1.54) is 28.5 Å². The van der Waals surface area contributed by atoms with E-state index in [-0.39, 0.29) is 12.3 Å². The van der Waals surface area contributed by atoms with E-state index >= 15 is 0 Å². The third-order valence-corrected chi connectivity index (χ3v) is 7.51. The van der Waals surface area contributed by atoms with E-state index in [4.69, 9.17) is 10.1 Å². The van der Waals surface area contributed by atoms with Gasteiger partial charge in [-0.15, -0.1) is 0 Å². The molecule has 1 fully saturated rings. The summed E-state index contributed by atoms with van der Waals surface area (Å²) in [5, 5.41) is 7.72. The van der Waals surface area contributed by atoms with Crippen molar-refractivity contribution >= 4 is 27.8 Å². The number of hydrogen-bond donors (Lipinski definition) is 1. The summed E-state index contributed by atoms with van der Waals surface area (Å²) in [6, 6.07) is 6.62. The van der Waals surface area contributed by atoms with Crippen LogP contribution in [0.15, 0.2) is 53.2 Å². The number of carboxylic acid groups (broad SMARTS) is 1. The lowest BCUT2D eigenvalue weighted by Gasteiger charge is -2.36. The number of fused-ring (bicyclic) bond motifs is 1. The third kappa shape index (κ3) is 6.74. The van der Waals surface area contributed by atoms with Gasteiger partial charge in [-0.25, -0.2) is 12.7 Å². The summed E-state index contributed by atoms with van der Waals surface area (Å²) < 4.78 is 25.5. The van der Waals surface area contributed by atoms with E-state index in [9.17, 15) is 13.2 Å². The van der Waals surface area contributed by atoms with Crippen LogP contribution in [-0.4, -0.2) is 48.9 Å². The van der Waals surface area contributed by atoms with Crippen molar-refractivity contribution in [2.24, 2.45) is 10.9 Å². The van der Waals surface area contributed by atoms with Crippen LogP contribution in [0.3, 0.4) is 0 Å². The quantitative estimate of drug-likeness (QED) is 0.654. The number of sulfonamides is 1. The Balaban J connectivity index is 0.000000696. The monoisotopic (exact) mass is 472 g/mol. The van der Waals surface area contributed by atoms with Gasteiger partial charge in [-0.05, 0) is 61.8 Å². The number of carbonyl (C=O) groups is 1. The van der Waals surface area contributed by atoms with Gasteiger partial charge in [-0.2, -0.15) is 0 Å². The van der Waals surface area contributed by atoms with E-state index in [0.717, 1.165) is 24.1 Å². The van der Waals surface area contributed by atoms with Gasteiger partial charge in [0.1, 0.15) is 0 Å². The molecule has 0 bridgehead atoms. The highest BCUT2D eigenvalue weighted by molar-refractivity contribution is 7.88.